The fraction of sp³-hybridized carbons (Fsp3) is 0.188. The van der Waals surface area contributed by atoms with Gasteiger partial charge in [-0.3, -0.25) is 4.79 Å². The number of carbonyl (C=O) groups is 1. The van der Waals surface area contributed by atoms with Gasteiger partial charge in [0.15, 0.2) is 11.6 Å². The van der Waals surface area contributed by atoms with Crippen molar-refractivity contribution in [2.45, 2.75) is 6.10 Å². The van der Waals surface area contributed by atoms with Crippen molar-refractivity contribution >= 4 is 40.5 Å². The number of carbonyl (C=O) groups excluding carboxylic acids is 1. The van der Waals surface area contributed by atoms with E-state index in [1.54, 1.807) is 24.3 Å². The average molecular weight is 375 g/mol. The van der Waals surface area contributed by atoms with Crippen molar-refractivity contribution in [3.8, 4) is 0 Å². The molecule has 0 aromatic heterocycles. The molecule has 1 atom stereocenters. The van der Waals surface area contributed by atoms with Crippen LogP contribution in [0, 0.1) is 11.6 Å². The Morgan fingerprint density at radius 2 is 1.83 bits per heavy atom. The van der Waals surface area contributed by atoms with Gasteiger partial charge in [0.1, 0.15) is 0 Å². The predicted molar refractivity (Wildman–Crippen MR) is 91.0 cm³/mol. The van der Waals surface area contributed by atoms with Gasteiger partial charge in [0.25, 0.3) is 5.91 Å². The van der Waals surface area contributed by atoms with Gasteiger partial charge in [0, 0.05) is 17.9 Å². The molecule has 0 spiro atoms. The number of hydrogen-bond acceptors (Lipinski definition) is 3. The number of alkyl halides is 1. The molecule has 0 radical (unpaired) electrons. The van der Waals surface area contributed by atoms with Crippen molar-refractivity contribution in [3.63, 3.8) is 0 Å². The first kappa shape index (κ1) is 18.4. The van der Waals surface area contributed by atoms with Gasteiger partial charge in [-0.15, -0.1) is 11.6 Å². The fourth-order valence-electron chi connectivity index (χ4n) is 1.89. The fourth-order valence-corrected chi connectivity index (χ4v) is 2.24. The first-order valence-electron chi connectivity index (χ1n) is 6.94. The molecule has 0 aliphatic rings. The van der Waals surface area contributed by atoms with Crippen LogP contribution in [0.4, 0.5) is 20.2 Å². The lowest BCUT2D eigenvalue weighted by Gasteiger charge is -2.12. The van der Waals surface area contributed by atoms with Crippen molar-refractivity contribution in [3.05, 3.63) is 58.6 Å². The molecular formula is C16H14Cl2F2N2O2. The highest BCUT2D eigenvalue weighted by Crippen LogP contribution is 2.22. The van der Waals surface area contributed by atoms with Gasteiger partial charge in [-0.25, -0.2) is 8.78 Å². The van der Waals surface area contributed by atoms with Crippen LogP contribution in [0.3, 0.4) is 0 Å². The zero-order chi connectivity index (χ0) is 17.7. The first-order chi connectivity index (χ1) is 11.4. The summed E-state index contributed by atoms with van der Waals surface area (Å²) in [7, 11) is 0. The zero-order valence-corrected chi connectivity index (χ0v) is 13.8. The molecule has 0 saturated carbocycles. The minimum absolute atomic E-state index is 0.0953. The molecule has 8 heteroatoms. The van der Waals surface area contributed by atoms with Crippen LogP contribution < -0.4 is 10.6 Å². The lowest BCUT2D eigenvalue weighted by molar-refractivity contribution is 0.102. The molecule has 4 nitrogen and oxygen atoms in total. The highest BCUT2D eigenvalue weighted by molar-refractivity contribution is 6.34. The van der Waals surface area contributed by atoms with Crippen LogP contribution >= 0.6 is 23.2 Å². The molecule has 0 bridgehead atoms. The summed E-state index contributed by atoms with van der Waals surface area (Å²) in [4.78, 5) is 12.2. The van der Waals surface area contributed by atoms with E-state index in [0.29, 0.717) is 11.4 Å². The molecule has 0 saturated heterocycles. The van der Waals surface area contributed by atoms with Gasteiger partial charge in [-0.1, -0.05) is 17.7 Å². The molecule has 1 unspecified atom stereocenters. The minimum atomic E-state index is -1.16. The van der Waals surface area contributed by atoms with E-state index in [-0.39, 0.29) is 23.0 Å². The standard InChI is InChI=1S/C16H14Cl2F2N2O2/c17-7-11(23)8-21-9-2-1-3-10(4-9)22-16(24)12-5-14(19)15(20)6-13(12)18/h1-6,11,21,23H,7-8H2,(H,22,24). The summed E-state index contributed by atoms with van der Waals surface area (Å²) in [5, 5.41) is 14.7. The van der Waals surface area contributed by atoms with Gasteiger partial charge in [0.05, 0.1) is 22.6 Å². The van der Waals surface area contributed by atoms with E-state index in [1.165, 1.54) is 0 Å². The van der Waals surface area contributed by atoms with Gasteiger partial charge >= 0.3 is 0 Å². The molecule has 1 amide bonds. The number of nitrogens with one attached hydrogen (secondary N) is 2. The number of aliphatic hydroxyl groups is 1. The Labute approximate surface area is 147 Å². The Hall–Kier alpha value is -1.89. The summed E-state index contributed by atoms with van der Waals surface area (Å²) in [6.45, 7) is 0.246. The molecular weight excluding hydrogens is 361 g/mol. The Bertz CT molecular complexity index is 744. The third-order valence-corrected chi connectivity index (χ3v) is 3.76. The molecule has 0 aliphatic carbocycles. The van der Waals surface area contributed by atoms with Gasteiger partial charge in [0.2, 0.25) is 0 Å². The van der Waals surface area contributed by atoms with Crippen LogP contribution in [0.25, 0.3) is 0 Å². The van der Waals surface area contributed by atoms with E-state index in [1.807, 2.05) is 0 Å². The summed E-state index contributed by atoms with van der Waals surface area (Å²) >= 11 is 11.3. The monoisotopic (exact) mass is 374 g/mol. The Balaban J connectivity index is 2.11. The quantitative estimate of drug-likeness (QED) is 0.531. The lowest BCUT2D eigenvalue weighted by Crippen LogP contribution is -2.20. The van der Waals surface area contributed by atoms with Crippen LogP contribution in [0.15, 0.2) is 36.4 Å². The van der Waals surface area contributed by atoms with Gasteiger partial charge in [-0.05, 0) is 30.3 Å². The zero-order valence-electron chi connectivity index (χ0n) is 12.3. The number of aliphatic hydroxyl groups excluding tert-OH is 1. The molecule has 2 rings (SSSR count). The molecule has 2 aromatic carbocycles. The minimum Gasteiger partial charge on any atom is -0.390 e. The summed E-state index contributed by atoms with van der Waals surface area (Å²) < 4.78 is 26.3. The lowest BCUT2D eigenvalue weighted by atomic mass is 10.2. The largest absolute Gasteiger partial charge is 0.390 e. The maximum Gasteiger partial charge on any atom is 0.257 e. The van der Waals surface area contributed by atoms with Crippen molar-refractivity contribution < 1.29 is 18.7 Å². The summed E-state index contributed by atoms with van der Waals surface area (Å²) in [5.74, 6) is -2.86. The van der Waals surface area contributed by atoms with E-state index >= 15 is 0 Å². The number of amides is 1. The maximum atomic E-state index is 13.3. The number of hydrogen-bond donors (Lipinski definition) is 3. The van der Waals surface area contributed by atoms with E-state index in [2.05, 4.69) is 10.6 Å². The van der Waals surface area contributed by atoms with E-state index in [0.717, 1.165) is 12.1 Å². The molecule has 0 fully saturated rings. The second kappa shape index (κ2) is 8.28. The van der Waals surface area contributed by atoms with Crippen LogP contribution in [0.5, 0.6) is 0 Å². The second-order valence-electron chi connectivity index (χ2n) is 4.97. The Kier molecular flexibility index (Phi) is 6.36. The SMILES string of the molecule is O=C(Nc1cccc(NCC(O)CCl)c1)c1cc(F)c(F)cc1Cl. The third kappa shape index (κ3) is 4.80. The molecule has 0 heterocycles. The topological polar surface area (TPSA) is 61.4 Å². The van der Waals surface area contributed by atoms with E-state index in [4.69, 9.17) is 23.2 Å². The Morgan fingerprint density at radius 3 is 2.54 bits per heavy atom. The first-order valence-corrected chi connectivity index (χ1v) is 7.86. The average Bonchev–Trinajstić information content (AvgIpc) is 2.56. The molecule has 24 heavy (non-hydrogen) atoms. The van der Waals surface area contributed by atoms with Crippen molar-refractivity contribution in [1.82, 2.24) is 0 Å². The van der Waals surface area contributed by atoms with Gasteiger partial charge in [-0.2, -0.15) is 0 Å². The van der Waals surface area contributed by atoms with Crippen molar-refractivity contribution in [2.75, 3.05) is 23.1 Å². The number of anilines is 2. The summed E-state index contributed by atoms with van der Waals surface area (Å²) in [6.07, 6.45) is -0.703. The maximum absolute atomic E-state index is 13.3. The van der Waals surface area contributed by atoms with E-state index < -0.39 is 23.6 Å². The summed E-state index contributed by atoms with van der Waals surface area (Å²) in [5.41, 5.74) is 0.894. The van der Waals surface area contributed by atoms with Crippen LogP contribution in [0.1, 0.15) is 10.4 Å². The van der Waals surface area contributed by atoms with Crippen LogP contribution in [0.2, 0.25) is 5.02 Å². The smallest absolute Gasteiger partial charge is 0.257 e. The summed E-state index contributed by atoms with van der Waals surface area (Å²) in [6, 6.07) is 8.14. The van der Waals surface area contributed by atoms with Crippen molar-refractivity contribution in [2.24, 2.45) is 0 Å². The number of halogens is 4. The van der Waals surface area contributed by atoms with Gasteiger partial charge < -0.3 is 15.7 Å². The number of rotatable bonds is 6. The third-order valence-electron chi connectivity index (χ3n) is 3.09. The van der Waals surface area contributed by atoms with Crippen molar-refractivity contribution in [1.29, 1.82) is 0 Å². The highest BCUT2D eigenvalue weighted by Gasteiger charge is 2.15. The normalized spacial score (nSPS) is 11.9. The molecule has 0 aliphatic heterocycles. The van der Waals surface area contributed by atoms with Crippen LogP contribution in [-0.4, -0.2) is 29.5 Å². The number of benzene rings is 2. The molecule has 2 aromatic rings. The second-order valence-corrected chi connectivity index (χ2v) is 5.69. The highest BCUT2D eigenvalue weighted by atomic mass is 35.5. The molecule has 3 N–H and O–H groups in total. The van der Waals surface area contributed by atoms with E-state index in [9.17, 15) is 18.7 Å². The molecule has 128 valence electrons. The van der Waals surface area contributed by atoms with Crippen LogP contribution in [-0.2, 0) is 0 Å². The predicted octanol–water partition coefficient (Wildman–Crippen LogP) is 3.88. The Morgan fingerprint density at radius 1 is 1.17 bits per heavy atom.